The fourth-order valence-electron chi connectivity index (χ4n) is 5.85. The van der Waals surface area contributed by atoms with Crippen LogP contribution in [0, 0.1) is 13.8 Å². The lowest BCUT2D eigenvalue weighted by atomic mass is 9.95. The number of nitrogens with two attached hydrogens (primary N) is 1. The molecule has 3 aromatic carbocycles. The molecule has 46 heavy (non-hydrogen) atoms. The molecular formula is C36H41N5O4S. The first kappa shape index (κ1) is 32.7. The van der Waals surface area contributed by atoms with Gasteiger partial charge >= 0.3 is 0 Å². The number of amides is 3. The van der Waals surface area contributed by atoms with Crippen LogP contribution in [0.3, 0.4) is 0 Å². The van der Waals surface area contributed by atoms with E-state index in [4.69, 9.17) is 10.5 Å². The van der Waals surface area contributed by atoms with Gasteiger partial charge in [-0.15, -0.1) is 0 Å². The summed E-state index contributed by atoms with van der Waals surface area (Å²) in [5, 5.41) is 6.11. The molecule has 1 atom stereocenters. The number of benzene rings is 3. The van der Waals surface area contributed by atoms with Gasteiger partial charge in [-0.2, -0.15) is 4.37 Å². The molecule has 1 heterocycles. The van der Waals surface area contributed by atoms with Crippen LogP contribution in [0.4, 0.5) is 11.4 Å². The van der Waals surface area contributed by atoms with E-state index in [2.05, 4.69) is 15.0 Å². The topological polar surface area (TPSA) is 127 Å². The maximum atomic E-state index is 14.7. The van der Waals surface area contributed by atoms with Crippen LogP contribution in [0.15, 0.2) is 72.8 Å². The molecule has 4 aromatic rings. The highest BCUT2D eigenvalue weighted by atomic mass is 32.1. The molecule has 0 saturated heterocycles. The fourth-order valence-corrected chi connectivity index (χ4v) is 6.58. The maximum Gasteiger partial charge on any atom is 0.273 e. The van der Waals surface area contributed by atoms with E-state index in [0.29, 0.717) is 30.0 Å². The highest BCUT2D eigenvalue weighted by Gasteiger charge is 2.37. The third-order valence-corrected chi connectivity index (χ3v) is 9.27. The van der Waals surface area contributed by atoms with Crippen molar-refractivity contribution < 1.29 is 19.1 Å². The Morgan fingerprint density at radius 1 is 1.00 bits per heavy atom. The van der Waals surface area contributed by atoms with Gasteiger partial charge in [0.15, 0.2) is 5.69 Å². The molecular weight excluding hydrogens is 598 g/mol. The van der Waals surface area contributed by atoms with Gasteiger partial charge in [0.2, 0.25) is 5.91 Å². The molecule has 1 saturated carbocycles. The van der Waals surface area contributed by atoms with Gasteiger partial charge in [-0.25, -0.2) is 0 Å². The number of aromatic nitrogens is 1. The summed E-state index contributed by atoms with van der Waals surface area (Å²) in [5.41, 5.74) is 10.5. The van der Waals surface area contributed by atoms with E-state index < -0.39 is 11.9 Å². The Labute approximate surface area is 274 Å². The number of nitrogens with zero attached hydrogens (tertiary/aromatic N) is 2. The number of anilines is 2. The number of ether oxygens (including phenoxy) is 1. The number of carbonyl (C=O) groups excluding carboxylic acids is 3. The van der Waals surface area contributed by atoms with Crippen LogP contribution in [-0.4, -0.2) is 41.8 Å². The summed E-state index contributed by atoms with van der Waals surface area (Å²) in [7, 11) is 1.57. The summed E-state index contributed by atoms with van der Waals surface area (Å²) in [6.07, 6.45) is 5.72. The number of nitrogens with one attached hydrogen (secondary N) is 2. The highest BCUT2D eigenvalue weighted by Crippen LogP contribution is 2.36. The first-order chi connectivity index (χ1) is 22.3. The van der Waals surface area contributed by atoms with E-state index in [0.717, 1.165) is 60.3 Å². The van der Waals surface area contributed by atoms with E-state index in [1.54, 1.807) is 31.4 Å². The largest absolute Gasteiger partial charge is 0.497 e. The molecule has 1 fully saturated rings. The molecule has 1 aliphatic rings. The van der Waals surface area contributed by atoms with Gasteiger partial charge in [-0.05, 0) is 85.1 Å². The van der Waals surface area contributed by atoms with Crippen molar-refractivity contribution in [1.29, 1.82) is 0 Å². The molecule has 5 rings (SSSR count). The molecule has 10 heteroatoms. The molecule has 4 N–H and O–H groups in total. The summed E-state index contributed by atoms with van der Waals surface area (Å²) in [6.45, 7) is 4.20. The molecule has 0 aliphatic heterocycles. The van der Waals surface area contributed by atoms with Gasteiger partial charge in [0.25, 0.3) is 11.8 Å². The van der Waals surface area contributed by atoms with Crippen molar-refractivity contribution in [3.8, 4) is 5.75 Å². The van der Waals surface area contributed by atoms with Crippen LogP contribution in [0.2, 0.25) is 0 Å². The first-order valence-electron chi connectivity index (χ1n) is 15.7. The molecule has 3 amide bonds. The van der Waals surface area contributed by atoms with Gasteiger partial charge < -0.3 is 21.1 Å². The Balaban J connectivity index is 1.53. The van der Waals surface area contributed by atoms with Crippen molar-refractivity contribution in [3.63, 3.8) is 0 Å². The second-order valence-electron chi connectivity index (χ2n) is 11.7. The summed E-state index contributed by atoms with van der Waals surface area (Å²) in [6, 6.07) is 21.7. The Bertz CT molecular complexity index is 1670. The van der Waals surface area contributed by atoms with Crippen LogP contribution in [0.1, 0.15) is 80.6 Å². The lowest BCUT2D eigenvalue weighted by molar-refractivity contribution is -0.122. The third-order valence-electron chi connectivity index (χ3n) is 8.41. The van der Waals surface area contributed by atoms with Gasteiger partial charge in [0.05, 0.1) is 12.8 Å². The highest BCUT2D eigenvalue weighted by molar-refractivity contribution is 7.09. The van der Waals surface area contributed by atoms with E-state index >= 15 is 0 Å². The minimum absolute atomic E-state index is 0.0107. The molecule has 0 radical (unpaired) electrons. The van der Waals surface area contributed by atoms with Crippen molar-refractivity contribution >= 4 is 40.6 Å². The zero-order valence-corrected chi connectivity index (χ0v) is 27.4. The Kier molecular flexibility index (Phi) is 10.7. The SMILES string of the molecule is COc1ccc([C@@H](C(=O)NCCc2ccccc2)N(C(=O)c2snc(C(=O)NC3CCCCC3)c2N)c2cc(C)ccc2C)cc1. The zero-order chi connectivity index (χ0) is 32.6. The average Bonchev–Trinajstić information content (AvgIpc) is 3.46. The van der Waals surface area contributed by atoms with Crippen molar-refractivity contribution in [2.24, 2.45) is 0 Å². The van der Waals surface area contributed by atoms with Crippen molar-refractivity contribution in [2.45, 2.75) is 64.5 Å². The van der Waals surface area contributed by atoms with Crippen LogP contribution in [0.5, 0.6) is 5.75 Å². The standard InChI is InChI=1S/C36H41N5O4S/c1-23-14-15-24(2)29(22-23)41(36(44)33-30(37)31(40-46-33)34(42)39-27-12-8-5-9-13-27)32(26-16-18-28(45-3)19-17-26)35(43)38-21-20-25-10-6-4-7-11-25/h4,6-7,10-11,14-19,22,27,32H,5,8-9,12-13,20-21,37H2,1-3H3,(H,38,43)(H,39,42)/t32-/m0/s1. The number of carbonyl (C=O) groups is 3. The quantitative estimate of drug-likeness (QED) is 0.180. The van der Waals surface area contributed by atoms with Gasteiger partial charge in [-0.1, -0.05) is 73.9 Å². The van der Waals surface area contributed by atoms with Crippen molar-refractivity contribution in [2.75, 3.05) is 24.3 Å². The number of nitrogen functional groups attached to an aromatic ring is 1. The Morgan fingerprint density at radius 3 is 2.41 bits per heavy atom. The molecule has 240 valence electrons. The number of hydrogen-bond donors (Lipinski definition) is 3. The number of rotatable bonds is 11. The smallest absolute Gasteiger partial charge is 0.273 e. The summed E-state index contributed by atoms with van der Waals surface area (Å²) in [4.78, 5) is 43.7. The molecule has 9 nitrogen and oxygen atoms in total. The second-order valence-corrected chi connectivity index (χ2v) is 12.5. The Morgan fingerprint density at radius 2 is 1.72 bits per heavy atom. The van der Waals surface area contributed by atoms with Crippen molar-refractivity contribution in [1.82, 2.24) is 15.0 Å². The summed E-state index contributed by atoms with van der Waals surface area (Å²) in [5.74, 6) is -0.631. The molecule has 0 spiro atoms. The van der Waals surface area contributed by atoms with E-state index in [1.807, 2.05) is 62.4 Å². The van der Waals surface area contributed by atoms with Crippen LogP contribution >= 0.6 is 11.5 Å². The normalized spacial score (nSPS) is 13.9. The average molecular weight is 640 g/mol. The molecule has 1 aromatic heterocycles. The van der Waals surface area contributed by atoms with Crippen LogP contribution in [0.25, 0.3) is 0 Å². The van der Waals surface area contributed by atoms with E-state index in [9.17, 15) is 14.4 Å². The van der Waals surface area contributed by atoms with Gasteiger partial charge in [-0.3, -0.25) is 19.3 Å². The van der Waals surface area contributed by atoms with Gasteiger partial charge in [0.1, 0.15) is 16.7 Å². The predicted molar refractivity (Wildman–Crippen MR) is 182 cm³/mol. The lowest BCUT2D eigenvalue weighted by Gasteiger charge is -2.32. The van der Waals surface area contributed by atoms with E-state index in [1.165, 1.54) is 4.90 Å². The van der Waals surface area contributed by atoms with Crippen LogP contribution < -0.4 is 26.0 Å². The third kappa shape index (κ3) is 7.56. The fraction of sp³-hybridized carbons (Fsp3) is 0.333. The van der Waals surface area contributed by atoms with E-state index in [-0.39, 0.29) is 34.1 Å². The predicted octanol–water partition coefficient (Wildman–Crippen LogP) is 6.16. The number of hydrogen-bond acceptors (Lipinski definition) is 7. The first-order valence-corrected chi connectivity index (χ1v) is 16.5. The van der Waals surface area contributed by atoms with Gasteiger partial charge in [0, 0.05) is 18.3 Å². The maximum absolute atomic E-state index is 14.7. The minimum atomic E-state index is -1.06. The lowest BCUT2D eigenvalue weighted by Crippen LogP contribution is -2.45. The Hall–Kier alpha value is -4.70. The second kappa shape index (κ2) is 15.1. The summed E-state index contributed by atoms with van der Waals surface area (Å²) >= 11 is 0.874. The van der Waals surface area contributed by atoms with Crippen LogP contribution in [-0.2, 0) is 11.2 Å². The zero-order valence-electron chi connectivity index (χ0n) is 26.5. The molecule has 0 unspecified atom stereocenters. The minimum Gasteiger partial charge on any atom is -0.497 e. The number of aryl methyl sites for hydroxylation is 2. The van der Waals surface area contributed by atoms with Crippen molar-refractivity contribution in [3.05, 3.63) is 106 Å². The molecule has 0 bridgehead atoms. The number of methoxy groups -OCH3 is 1. The summed E-state index contributed by atoms with van der Waals surface area (Å²) < 4.78 is 9.71. The monoisotopic (exact) mass is 639 g/mol. The molecule has 1 aliphatic carbocycles.